The zero-order valence-corrected chi connectivity index (χ0v) is 20.6. The first-order chi connectivity index (χ1) is 17.1. The van der Waals surface area contributed by atoms with Crippen molar-refractivity contribution in [2.24, 2.45) is 0 Å². The van der Waals surface area contributed by atoms with E-state index in [1.165, 1.54) is 0 Å². The number of hydrogen-bond acceptors (Lipinski definition) is 5. The Balaban J connectivity index is 1.34. The summed E-state index contributed by atoms with van der Waals surface area (Å²) < 4.78 is 24.1. The van der Waals surface area contributed by atoms with E-state index in [0.717, 1.165) is 33.0 Å². The smallest absolute Gasteiger partial charge is 0.144 e. The summed E-state index contributed by atoms with van der Waals surface area (Å²) >= 11 is 6.58. The molecule has 0 bridgehead atoms. The van der Waals surface area contributed by atoms with Gasteiger partial charge in [0.05, 0.1) is 38.6 Å². The Morgan fingerprint density at radius 1 is 1.03 bits per heavy atom. The number of fused-ring (bicyclic) bond motifs is 1. The van der Waals surface area contributed by atoms with Crippen molar-refractivity contribution in [3.63, 3.8) is 0 Å². The number of rotatable bonds is 9. The number of hydrogen-bond donors (Lipinski definition) is 1. The van der Waals surface area contributed by atoms with Gasteiger partial charge in [-0.2, -0.15) is 0 Å². The van der Waals surface area contributed by atoms with E-state index in [4.69, 9.17) is 30.5 Å². The molecule has 2 saturated heterocycles. The normalized spacial score (nSPS) is 25.5. The Morgan fingerprint density at radius 3 is 2.51 bits per heavy atom. The predicted octanol–water partition coefficient (Wildman–Crippen LogP) is 5.51. The van der Waals surface area contributed by atoms with E-state index in [2.05, 4.69) is 18.2 Å². The molecular weight excluding hydrogens is 464 g/mol. The molecule has 2 heterocycles. The van der Waals surface area contributed by atoms with Crippen LogP contribution in [0, 0.1) is 0 Å². The third-order valence-corrected chi connectivity index (χ3v) is 7.20. The predicted molar refractivity (Wildman–Crippen MR) is 135 cm³/mol. The van der Waals surface area contributed by atoms with Crippen molar-refractivity contribution < 1.29 is 24.1 Å². The molecule has 184 valence electrons. The SMILES string of the molecule is CCOc1ccc(Cc2cc([C@H]3C[C@@H](OCc4ccccc4)[C@@H]4OC[C@]4(CO)O3)ccc2Cl)cc1. The number of aliphatic hydroxyl groups excluding tert-OH is 1. The van der Waals surface area contributed by atoms with Crippen molar-refractivity contribution in [1.29, 1.82) is 0 Å². The number of aliphatic hydroxyl groups is 1. The molecule has 0 amide bonds. The Hall–Kier alpha value is -2.41. The van der Waals surface area contributed by atoms with Gasteiger partial charge in [0.15, 0.2) is 0 Å². The summed E-state index contributed by atoms with van der Waals surface area (Å²) in [5, 5.41) is 10.9. The summed E-state index contributed by atoms with van der Waals surface area (Å²) in [5.41, 5.74) is 3.58. The molecule has 3 aromatic rings. The van der Waals surface area contributed by atoms with Crippen molar-refractivity contribution in [1.82, 2.24) is 0 Å². The maximum absolute atomic E-state index is 10.2. The van der Waals surface area contributed by atoms with Crippen LogP contribution in [0.1, 0.15) is 41.7 Å². The van der Waals surface area contributed by atoms with Gasteiger partial charge in [-0.3, -0.25) is 0 Å². The molecule has 6 heteroatoms. The Morgan fingerprint density at radius 2 is 1.83 bits per heavy atom. The third kappa shape index (κ3) is 5.25. The van der Waals surface area contributed by atoms with Gasteiger partial charge in [0.25, 0.3) is 0 Å². The zero-order chi connectivity index (χ0) is 24.3. The van der Waals surface area contributed by atoms with E-state index in [9.17, 15) is 5.11 Å². The van der Waals surface area contributed by atoms with Gasteiger partial charge < -0.3 is 24.1 Å². The van der Waals surface area contributed by atoms with Crippen LogP contribution in [0.2, 0.25) is 5.02 Å². The molecular formula is C29H31ClO5. The van der Waals surface area contributed by atoms with Crippen LogP contribution in [0.5, 0.6) is 5.75 Å². The highest BCUT2D eigenvalue weighted by atomic mass is 35.5. The molecule has 2 aliphatic rings. The van der Waals surface area contributed by atoms with E-state index in [1.54, 1.807) is 0 Å². The molecule has 2 fully saturated rings. The van der Waals surface area contributed by atoms with Crippen LogP contribution in [-0.2, 0) is 27.2 Å². The number of benzene rings is 3. The summed E-state index contributed by atoms with van der Waals surface area (Å²) in [6.07, 6.45) is 0.669. The highest BCUT2D eigenvalue weighted by molar-refractivity contribution is 6.31. The van der Waals surface area contributed by atoms with Crippen LogP contribution in [0.25, 0.3) is 0 Å². The molecule has 0 radical (unpaired) electrons. The summed E-state index contributed by atoms with van der Waals surface area (Å²) in [7, 11) is 0. The van der Waals surface area contributed by atoms with Crippen molar-refractivity contribution in [3.05, 3.63) is 100 Å². The molecule has 0 unspecified atom stereocenters. The van der Waals surface area contributed by atoms with Gasteiger partial charge >= 0.3 is 0 Å². The van der Waals surface area contributed by atoms with Gasteiger partial charge in [-0.05, 0) is 53.8 Å². The van der Waals surface area contributed by atoms with Gasteiger partial charge in [-0.15, -0.1) is 0 Å². The lowest BCUT2D eigenvalue weighted by Crippen LogP contribution is -2.70. The van der Waals surface area contributed by atoms with Crippen LogP contribution in [0.3, 0.4) is 0 Å². The number of ether oxygens (including phenoxy) is 4. The molecule has 0 saturated carbocycles. The maximum Gasteiger partial charge on any atom is 0.144 e. The lowest BCUT2D eigenvalue weighted by Gasteiger charge is -2.55. The molecule has 2 aliphatic heterocycles. The largest absolute Gasteiger partial charge is 0.494 e. The van der Waals surface area contributed by atoms with Crippen LogP contribution < -0.4 is 4.74 Å². The fourth-order valence-electron chi connectivity index (χ4n) is 4.91. The second-order valence-corrected chi connectivity index (χ2v) is 9.64. The lowest BCUT2D eigenvalue weighted by molar-refractivity contribution is -0.347. The van der Waals surface area contributed by atoms with Crippen LogP contribution in [-0.4, -0.2) is 42.7 Å². The average molecular weight is 495 g/mol. The molecule has 35 heavy (non-hydrogen) atoms. The van der Waals surface area contributed by atoms with Crippen LogP contribution in [0.15, 0.2) is 72.8 Å². The molecule has 0 aromatic heterocycles. The molecule has 0 aliphatic carbocycles. The highest BCUT2D eigenvalue weighted by Gasteiger charge is 2.58. The summed E-state index contributed by atoms with van der Waals surface area (Å²) in [6, 6.07) is 24.2. The van der Waals surface area contributed by atoms with Gasteiger partial charge in [0.1, 0.15) is 17.5 Å². The molecule has 0 spiro atoms. The van der Waals surface area contributed by atoms with Crippen LogP contribution >= 0.6 is 11.6 Å². The minimum atomic E-state index is -0.737. The quantitative estimate of drug-likeness (QED) is 0.425. The van der Waals surface area contributed by atoms with Crippen molar-refractivity contribution >= 4 is 11.6 Å². The van der Waals surface area contributed by atoms with E-state index in [1.807, 2.05) is 61.5 Å². The average Bonchev–Trinajstić information content (AvgIpc) is 2.87. The summed E-state index contributed by atoms with van der Waals surface area (Å²) in [5.74, 6) is 0.861. The van der Waals surface area contributed by atoms with Gasteiger partial charge in [0, 0.05) is 11.4 Å². The monoisotopic (exact) mass is 494 g/mol. The minimum Gasteiger partial charge on any atom is -0.494 e. The van der Waals surface area contributed by atoms with E-state index in [-0.39, 0.29) is 24.9 Å². The van der Waals surface area contributed by atoms with E-state index >= 15 is 0 Å². The Kier molecular flexibility index (Phi) is 7.42. The van der Waals surface area contributed by atoms with Crippen molar-refractivity contribution in [3.8, 4) is 5.75 Å². The minimum absolute atomic E-state index is 0.105. The molecule has 3 aromatic carbocycles. The lowest BCUT2D eigenvalue weighted by atomic mass is 9.81. The molecule has 4 atom stereocenters. The number of halogens is 1. The van der Waals surface area contributed by atoms with Gasteiger partial charge in [-0.1, -0.05) is 66.2 Å². The highest BCUT2D eigenvalue weighted by Crippen LogP contribution is 2.46. The fourth-order valence-corrected chi connectivity index (χ4v) is 5.09. The first-order valence-electron chi connectivity index (χ1n) is 12.2. The molecule has 5 rings (SSSR count). The van der Waals surface area contributed by atoms with Crippen molar-refractivity contribution in [2.45, 2.75) is 50.3 Å². The second-order valence-electron chi connectivity index (χ2n) is 9.24. The zero-order valence-electron chi connectivity index (χ0n) is 19.9. The topological polar surface area (TPSA) is 57.2 Å². The van der Waals surface area contributed by atoms with E-state index in [0.29, 0.717) is 32.7 Å². The first kappa shape index (κ1) is 24.3. The van der Waals surface area contributed by atoms with E-state index < -0.39 is 5.60 Å². The first-order valence-corrected chi connectivity index (χ1v) is 12.5. The van der Waals surface area contributed by atoms with Crippen LogP contribution in [0.4, 0.5) is 0 Å². The standard InChI is InChI=1S/C29H31ClO5/c1-2-32-24-11-8-20(9-12-24)14-23-15-22(10-13-25(23)30)26-16-27(28-29(18-31,35-26)19-34-28)33-17-21-6-4-3-5-7-21/h3-13,15,26-28,31H,2,14,16-19H2,1H3/t26-,27-,28+,29+/m1/s1. The fraction of sp³-hybridized carbons (Fsp3) is 0.379. The summed E-state index contributed by atoms with van der Waals surface area (Å²) in [4.78, 5) is 0. The summed E-state index contributed by atoms with van der Waals surface area (Å²) in [6.45, 7) is 3.37. The Labute approximate surface area is 211 Å². The maximum atomic E-state index is 10.2. The van der Waals surface area contributed by atoms with Gasteiger partial charge in [0.2, 0.25) is 0 Å². The Bertz CT molecular complexity index is 1120. The molecule has 1 N–H and O–H groups in total. The molecule has 5 nitrogen and oxygen atoms in total. The second kappa shape index (κ2) is 10.7. The van der Waals surface area contributed by atoms with Gasteiger partial charge in [-0.25, -0.2) is 0 Å². The van der Waals surface area contributed by atoms with Crippen molar-refractivity contribution in [2.75, 3.05) is 19.8 Å². The third-order valence-electron chi connectivity index (χ3n) is 6.83.